The summed E-state index contributed by atoms with van der Waals surface area (Å²) in [7, 11) is -2.61. The molecule has 0 amide bonds. The quantitative estimate of drug-likeness (QED) is 0.451. The molecule has 0 saturated heterocycles. The third-order valence-corrected chi connectivity index (χ3v) is 3.45. The van der Waals surface area contributed by atoms with Gasteiger partial charge >= 0.3 is 16.7 Å². The number of hydrogen-bond donors (Lipinski definition) is 1. The number of nitrogens with one attached hydrogen (secondary N) is 1. The van der Waals surface area contributed by atoms with Crippen LogP contribution >= 0.6 is 11.6 Å². The van der Waals surface area contributed by atoms with E-state index in [2.05, 4.69) is 5.16 Å². The summed E-state index contributed by atoms with van der Waals surface area (Å²) in [5.41, 5.74) is -0.672. The third-order valence-electron chi connectivity index (χ3n) is 3.21. The van der Waals surface area contributed by atoms with Crippen molar-refractivity contribution >= 4 is 27.8 Å². The lowest BCUT2D eigenvalue weighted by molar-refractivity contribution is -0.137. The van der Waals surface area contributed by atoms with Crippen molar-refractivity contribution in [1.82, 2.24) is 0 Å². The number of benzene rings is 1. The maximum atomic E-state index is 13.0. The van der Waals surface area contributed by atoms with E-state index in [-0.39, 0.29) is 22.4 Å². The van der Waals surface area contributed by atoms with Gasteiger partial charge in [0.25, 0.3) is 0 Å². The zero-order valence-corrected chi connectivity index (χ0v) is 14.7. The van der Waals surface area contributed by atoms with E-state index in [1.807, 2.05) is 12.2 Å². The Bertz CT molecular complexity index is 755. The first kappa shape index (κ1) is 21.2. The molecule has 0 spiro atoms. The molecule has 1 unspecified atom stereocenters. The van der Waals surface area contributed by atoms with Gasteiger partial charge in [0.2, 0.25) is 0 Å². The van der Waals surface area contributed by atoms with Gasteiger partial charge in [-0.1, -0.05) is 22.8 Å². The average molecular weight is 397 g/mol. The molecule has 5 nitrogen and oxygen atoms in total. The van der Waals surface area contributed by atoms with Crippen LogP contribution in [-0.4, -0.2) is 20.2 Å². The van der Waals surface area contributed by atoms with Crippen LogP contribution in [-0.2, 0) is 21.5 Å². The van der Waals surface area contributed by atoms with Gasteiger partial charge in [0.1, 0.15) is 6.10 Å². The molecule has 1 aliphatic carbocycles. The van der Waals surface area contributed by atoms with E-state index in [1.54, 1.807) is 0 Å². The Hall–Kier alpha value is -1.87. The van der Waals surface area contributed by atoms with E-state index in [4.69, 9.17) is 29.6 Å². The molecule has 0 radical (unpaired) electrons. The third kappa shape index (κ3) is 7.70. The second-order valence-corrected chi connectivity index (χ2v) is 6.01. The van der Waals surface area contributed by atoms with Gasteiger partial charge in [0.05, 0.1) is 11.3 Å². The van der Waals surface area contributed by atoms with Gasteiger partial charge in [-0.3, -0.25) is 0 Å². The van der Waals surface area contributed by atoms with Gasteiger partial charge in [-0.25, -0.2) is 0 Å². The van der Waals surface area contributed by atoms with Gasteiger partial charge in [0, 0.05) is 10.6 Å². The minimum Gasteiger partial charge on any atom is -0.388 e. The molecule has 1 aromatic rings. The first-order chi connectivity index (χ1) is 11.6. The van der Waals surface area contributed by atoms with E-state index in [9.17, 15) is 13.2 Å². The topological polar surface area (TPSA) is 79.6 Å². The smallest absolute Gasteiger partial charge is 0.388 e. The molecule has 0 aliphatic heterocycles. The first-order valence-corrected chi connectivity index (χ1v) is 8.61. The van der Waals surface area contributed by atoms with Gasteiger partial charge in [-0.15, -0.1) is 0 Å². The summed E-state index contributed by atoms with van der Waals surface area (Å²) >= 11 is 5.79. The van der Waals surface area contributed by atoms with Gasteiger partial charge in [-0.05, 0) is 50.5 Å². The van der Waals surface area contributed by atoms with Crippen molar-refractivity contribution in [3.05, 3.63) is 46.5 Å². The Morgan fingerprint density at radius 3 is 2.56 bits per heavy atom. The second kappa shape index (κ2) is 9.57. The fourth-order valence-electron chi connectivity index (χ4n) is 2.13. The van der Waals surface area contributed by atoms with Crippen LogP contribution in [0.4, 0.5) is 13.2 Å². The molecular weight excluding hydrogens is 381 g/mol. The van der Waals surface area contributed by atoms with Crippen LogP contribution in [0.2, 0.25) is 5.02 Å². The van der Waals surface area contributed by atoms with Crippen molar-refractivity contribution in [3.8, 4) is 0 Å². The van der Waals surface area contributed by atoms with Crippen LogP contribution in [0, 0.1) is 4.78 Å². The van der Waals surface area contributed by atoms with Gasteiger partial charge in [0.15, 0.2) is 0 Å². The average Bonchev–Trinajstić information content (AvgIpc) is 2.52. The highest BCUT2D eigenvalue weighted by atomic mass is 35.5. The minimum absolute atomic E-state index is 0.0604. The van der Waals surface area contributed by atoms with E-state index < -0.39 is 22.2 Å². The molecule has 1 N–H and O–H groups in total. The van der Waals surface area contributed by atoms with Crippen LogP contribution in [0.25, 0.3) is 0 Å². The standard InChI is InChI=1S/C15H15ClF3NO.HNO2S/c1-10(20-21-12-5-3-2-4-6-12)13-9-11(16)7-8-14(13)15(17,18)19;1-4(2)3/h3,5,7-9,12H,2,4,6H2,1H3;1H/b20-10+;. The fourth-order valence-corrected chi connectivity index (χ4v) is 2.30. The van der Waals surface area contributed by atoms with Crippen molar-refractivity contribution in [2.45, 2.75) is 38.5 Å². The molecule has 1 aromatic carbocycles. The molecule has 138 valence electrons. The maximum Gasteiger partial charge on any atom is 0.417 e. The van der Waals surface area contributed by atoms with E-state index in [0.717, 1.165) is 25.3 Å². The lowest BCUT2D eigenvalue weighted by Crippen LogP contribution is -2.14. The number of alkyl halides is 3. The summed E-state index contributed by atoms with van der Waals surface area (Å²) in [4.78, 5) is 5.30. The van der Waals surface area contributed by atoms with E-state index in [1.165, 1.54) is 19.1 Å². The highest BCUT2D eigenvalue weighted by Crippen LogP contribution is 2.33. The number of oxime groups is 1. The molecule has 1 aliphatic rings. The monoisotopic (exact) mass is 396 g/mol. The zero-order valence-electron chi connectivity index (χ0n) is 13.2. The van der Waals surface area contributed by atoms with Crippen molar-refractivity contribution in [2.24, 2.45) is 5.16 Å². The molecule has 0 bridgehead atoms. The summed E-state index contributed by atoms with van der Waals surface area (Å²) in [6.07, 6.45) is 2.02. The van der Waals surface area contributed by atoms with Crippen LogP contribution < -0.4 is 0 Å². The van der Waals surface area contributed by atoms with Crippen molar-refractivity contribution in [3.63, 3.8) is 0 Å². The van der Waals surface area contributed by atoms with Gasteiger partial charge in [-0.2, -0.15) is 26.4 Å². The SMILES string of the molecule is C/C(=N\OC1C=CCCC1)c1cc(Cl)ccc1C(F)(F)F.N=S(=O)=O. The Labute approximate surface area is 149 Å². The molecule has 0 fully saturated rings. The van der Waals surface area contributed by atoms with Crippen LogP contribution in [0.15, 0.2) is 35.5 Å². The van der Waals surface area contributed by atoms with E-state index in [0.29, 0.717) is 0 Å². The Morgan fingerprint density at radius 2 is 2.04 bits per heavy atom. The largest absolute Gasteiger partial charge is 0.417 e. The molecule has 25 heavy (non-hydrogen) atoms. The van der Waals surface area contributed by atoms with Crippen LogP contribution in [0.3, 0.4) is 0 Å². The normalized spacial score (nSPS) is 17.5. The Morgan fingerprint density at radius 1 is 1.40 bits per heavy atom. The number of allylic oxidation sites excluding steroid dienone is 1. The summed E-state index contributed by atoms with van der Waals surface area (Å²) in [6, 6.07) is 3.42. The van der Waals surface area contributed by atoms with Crippen LogP contribution in [0.5, 0.6) is 0 Å². The summed E-state index contributed by atoms with van der Waals surface area (Å²) in [5, 5.41) is 4.07. The maximum absolute atomic E-state index is 13.0. The molecule has 10 heteroatoms. The molecule has 0 saturated carbocycles. The van der Waals surface area contributed by atoms with Gasteiger partial charge < -0.3 is 4.84 Å². The highest BCUT2D eigenvalue weighted by molar-refractivity contribution is 7.60. The molecule has 0 heterocycles. The summed E-state index contributed by atoms with van der Waals surface area (Å²) in [5.74, 6) is 0. The second-order valence-electron chi connectivity index (χ2n) is 5.10. The van der Waals surface area contributed by atoms with Crippen molar-refractivity contribution in [2.75, 3.05) is 0 Å². The summed E-state index contributed by atoms with van der Waals surface area (Å²) in [6.45, 7) is 1.48. The zero-order chi connectivity index (χ0) is 19.0. The predicted molar refractivity (Wildman–Crippen MR) is 88.2 cm³/mol. The Kier molecular flexibility index (Phi) is 8.11. The minimum atomic E-state index is -4.46. The molecule has 1 atom stereocenters. The molecular formula is C15H16ClF3N2O3S. The lowest BCUT2D eigenvalue weighted by atomic mass is 10.0. The summed E-state index contributed by atoms with van der Waals surface area (Å²) < 4.78 is 61.8. The lowest BCUT2D eigenvalue weighted by Gasteiger charge is -2.16. The molecule has 0 aromatic heterocycles. The number of hydrogen-bond acceptors (Lipinski definition) is 5. The Balaban J connectivity index is 0.000000705. The molecule has 2 rings (SSSR count). The fraction of sp³-hybridized carbons (Fsp3) is 0.400. The number of rotatable bonds is 3. The van der Waals surface area contributed by atoms with E-state index >= 15 is 0 Å². The van der Waals surface area contributed by atoms with Crippen molar-refractivity contribution < 1.29 is 26.4 Å². The van der Waals surface area contributed by atoms with Crippen molar-refractivity contribution in [1.29, 1.82) is 4.78 Å². The predicted octanol–water partition coefficient (Wildman–Crippen LogP) is 4.84. The first-order valence-electron chi connectivity index (χ1n) is 7.16. The van der Waals surface area contributed by atoms with Crippen LogP contribution in [0.1, 0.15) is 37.3 Å². The number of halogens is 4. The highest BCUT2D eigenvalue weighted by Gasteiger charge is 2.34. The number of nitrogens with zero attached hydrogens (tertiary/aromatic N) is 1.